The Morgan fingerprint density at radius 1 is 0.587 bits per heavy atom. The van der Waals surface area contributed by atoms with Crippen molar-refractivity contribution < 1.29 is 52.2 Å². The van der Waals surface area contributed by atoms with E-state index in [2.05, 4.69) is 110 Å². The first-order valence-electron chi connectivity index (χ1n) is 22.7. The second-order valence-electron chi connectivity index (χ2n) is 14.8. The van der Waals surface area contributed by atoms with Crippen molar-refractivity contribution in [1.29, 1.82) is 0 Å². The SMILES string of the molecule is CC/C=C\CC1OC1C/C=C\C/C=C\C/C=C\C/C=C\CCC(=O)O[C@H](COC(=O)CC/C=C\C/C=C\C/C=C\C/C=C\C/C=C\CCCCC)COP(=O)(O)OC[C@H](N)C(=O)O. The molecule has 12 nitrogen and oxygen atoms in total. The topological polar surface area (TPSA) is 184 Å². The van der Waals surface area contributed by atoms with Crippen molar-refractivity contribution in [2.24, 2.45) is 5.73 Å². The molecule has 0 bridgehead atoms. The number of aliphatic carboxylic acids is 1. The number of ether oxygens (including phenoxy) is 3. The lowest BCUT2D eigenvalue weighted by molar-refractivity contribution is -0.161. The minimum atomic E-state index is -4.77. The Hall–Kier alpha value is -4.16. The van der Waals surface area contributed by atoms with Crippen LogP contribution < -0.4 is 5.73 Å². The fourth-order valence-corrected chi connectivity index (χ4v) is 6.24. The molecule has 5 atom stereocenters. The molecule has 0 aliphatic carbocycles. The third kappa shape index (κ3) is 37.0. The van der Waals surface area contributed by atoms with Crippen LogP contribution in [0.5, 0.6) is 0 Å². The van der Waals surface area contributed by atoms with Crippen LogP contribution >= 0.6 is 7.82 Å². The zero-order chi connectivity index (χ0) is 46.1. The Labute approximate surface area is 377 Å². The second kappa shape index (κ2) is 39.4. The fourth-order valence-electron chi connectivity index (χ4n) is 5.47. The molecule has 0 saturated carbocycles. The number of epoxide rings is 1. The number of carboxylic acid groups (broad SMARTS) is 1. The number of phosphoric acid groups is 1. The lowest BCUT2D eigenvalue weighted by Crippen LogP contribution is -2.34. The molecule has 4 N–H and O–H groups in total. The number of carbonyl (C=O) groups excluding carboxylic acids is 2. The Bertz CT molecular complexity index is 1590. The van der Waals surface area contributed by atoms with Crippen LogP contribution in [0.2, 0.25) is 0 Å². The molecule has 1 saturated heterocycles. The van der Waals surface area contributed by atoms with Crippen molar-refractivity contribution in [2.75, 3.05) is 19.8 Å². The fraction of sp³-hybridized carbons (Fsp3) is 0.540. The highest BCUT2D eigenvalue weighted by Gasteiger charge is 2.36. The predicted molar refractivity (Wildman–Crippen MR) is 253 cm³/mol. The standard InChI is InChI=1S/C50H76NO11P/c1-3-5-7-8-9-10-11-12-13-14-15-16-17-18-22-25-28-31-35-39-48(52)58-41-44(42-59-63(56,57)60-43-45(51)50(54)55)61-49(53)40-36-32-29-26-23-20-19-21-24-27-30-34-38-47-46(62-47)37-33-6-4-2/h6,9-10,12-13,15-16,18,20-24,28-34,44-47H,3-5,7-8,11,14,17,19,25-27,35-43,51H2,1-2H3,(H,54,55)(H,56,57)/b10-9-,13-12-,16-15-,22-18-,23-20-,24-21-,31-28-,32-29-,33-6-,34-30-/t44-,45+,46?,47?/m1/s1. The zero-order valence-electron chi connectivity index (χ0n) is 37.8. The summed E-state index contributed by atoms with van der Waals surface area (Å²) in [5, 5.41) is 8.90. The van der Waals surface area contributed by atoms with Gasteiger partial charge >= 0.3 is 25.7 Å². The summed E-state index contributed by atoms with van der Waals surface area (Å²) in [6.45, 7) is 2.48. The minimum absolute atomic E-state index is 0.00926. The third-order valence-corrected chi connectivity index (χ3v) is 10.1. The molecule has 1 aliphatic heterocycles. The van der Waals surface area contributed by atoms with E-state index < -0.39 is 57.7 Å². The molecular formula is C50H76NO11P. The van der Waals surface area contributed by atoms with Gasteiger partial charge in [0.2, 0.25) is 0 Å². The highest BCUT2D eigenvalue weighted by atomic mass is 31.2. The van der Waals surface area contributed by atoms with Gasteiger partial charge < -0.3 is 29.9 Å². The highest BCUT2D eigenvalue weighted by molar-refractivity contribution is 7.47. The number of hydrogen-bond donors (Lipinski definition) is 3. The van der Waals surface area contributed by atoms with Crippen molar-refractivity contribution in [3.05, 3.63) is 122 Å². The van der Waals surface area contributed by atoms with E-state index in [1.54, 1.807) is 0 Å². The first kappa shape index (κ1) is 56.9. The van der Waals surface area contributed by atoms with Gasteiger partial charge in [0, 0.05) is 12.8 Å². The number of hydrogen-bond acceptors (Lipinski definition) is 10. The van der Waals surface area contributed by atoms with Crippen LogP contribution in [0.3, 0.4) is 0 Å². The summed E-state index contributed by atoms with van der Waals surface area (Å²) < 4.78 is 38.2. The van der Waals surface area contributed by atoms with Crippen LogP contribution in [0.1, 0.15) is 129 Å². The maximum atomic E-state index is 12.6. The van der Waals surface area contributed by atoms with E-state index in [0.717, 1.165) is 64.2 Å². The van der Waals surface area contributed by atoms with E-state index in [0.29, 0.717) is 31.5 Å². The number of carbonyl (C=O) groups is 3. The molecule has 0 spiro atoms. The minimum Gasteiger partial charge on any atom is -0.480 e. The Morgan fingerprint density at radius 2 is 1.02 bits per heavy atom. The van der Waals surface area contributed by atoms with Gasteiger partial charge in [0.15, 0.2) is 6.10 Å². The molecule has 0 radical (unpaired) electrons. The molecule has 0 amide bonds. The maximum absolute atomic E-state index is 12.6. The van der Waals surface area contributed by atoms with Crippen LogP contribution in [-0.2, 0) is 42.2 Å². The first-order chi connectivity index (χ1) is 30.6. The lowest BCUT2D eigenvalue weighted by atomic mass is 10.1. The summed E-state index contributed by atoms with van der Waals surface area (Å²) >= 11 is 0. The van der Waals surface area contributed by atoms with E-state index in [1.807, 2.05) is 30.4 Å². The molecule has 0 aromatic heterocycles. The molecule has 1 fully saturated rings. The molecular weight excluding hydrogens is 822 g/mol. The van der Waals surface area contributed by atoms with Crippen molar-refractivity contribution >= 4 is 25.7 Å². The summed E-state index contributed by atoms with van der Waals surface area (Å²) in [6.07, 6.45) is 56.2. The molecule has 0 aromatic carbocycles. The summed E-state index contributed by atoms with van der Waals surface area (Å²) in [4.78, 5) is 46.0. The van der Waals surface area contributed by atoms with Gasteiger partial charge in [0.25, 0.3) is 0 Å². The van der Waals surface area contributed by atoms with Gasteiger partial charge in [-0.3, -0.25) is 23.4 Å². The highest BCUT2D eigenvalue weighted by Crippen LogP contribution is 2.43. The van der Waals surface area contributed by atoms with Gasteiger partial charge in [0.05, 0.1) is 25.4 Å². The van der Waals surface area contributed by atoms with E-state index in [9.17, 15) is 23.8 Å². The number of unbranched alkanes of at least 4 members (excludes halogenated alkanes) is 3. The van der Waals surface area contributed by atoms with Crippen molar-refractivity contribution in [3.8, 4) is 0 Å². The zero-order valence-corrected chi connectivity index (χ0v) is 38.7. The predicted octanol–water partition coefficient (Wildman–Crippen LogP) is 11.4. The number of carboxylic acids is 1. The maximum Gasteiger partial charge on any atom is 0.472 e. The van der Waals surface area contributed by atoms with E-state index in [1.165, 1.54) is 19.3 Å². The molecule has 1 aliphatic rings. The number of phosphoric ester groups is 1. The van der Waals surface area contributed by atoms with Gasteiger partial charge in [0.1, 0.15) is 12.6 Å². The number of esters is 2. The van der Waals surface area contributed by atoms with E-state index in [4.69, 9.17) is 29.6 Å². The van der Waals surface area contributed by atoms with E-state index in [-0.39, 0.29) is 12.8 Å². The Morgan fingerprint density at radius 3 is 1.49 bits per heavy atom. The molecule has 1 heterocycles. The average molecular weight is 898 g/mol. The monoisotopic (exact) mass is 898 g/mol. The van der Waals surface area contributed by atoms with Crippen molar-refractivity contribution in [3.63, 3.8) is 0 Å². The molecule has 13 heteroatoms. The van der Waals surface area contributed by atoms with Crippen LogP contribution in [0.4, 0.5) is 0 Å². The molecule has 352 valence electrons. The van der Waals surface area contributed by atoms with E-state index >= 15 is 0 Å². The molecule has 63 heavy (non-hydrogen) atoms. The van der Waals surface area contributed by atoms with Crippen molar-refractivity contribution in [1.82, 2.24) is 0 Å². The van der Waals surface area contributed by atoms with Gasteiger partial charge in [-0.05, 0) is 89.9 Å². The molecule has 0 aromatic rings. The second-order valence-corrected chi connectivity index (χ2v) is 16.3. The van der Waals surface area contributed by atoms with Crippen LogP contribution in [0, 0.1) is 0 Å². The Kier molecular flexibility index (Phi) is 35.6. The number of rotatable bonds is 39. The van der Waals surface area contributed by atoms with Crippen molar-refractivity contribution in [2.45, 2.75) is 154 Å². The Balaban J connectivity index is 2.38. The van der Waals surface area contributed by atoms with Gasteiger partial charge in [-0.1, -0.05) is 148 Å². The van der Waals surface area contributed by atoms with Crippen LogP contribution in [0.15, 0.2) is 122 Å². The smallest absolute Gasteiger partial charge is 0.472 e. The number of allylic oxidation sites excluding steroid dienone is 18. The van der Waals surface area contributed by atoms with Gasteiger partial charge in [-0.25, -0.2) is 4.57 Å². The largest absolute Gasteiger partial charge is 0.480 e. The molecule has 1 rings (SSSR count). The summed E-state index contributed by atoms with van der Waals surface area (Å²) in [6, 6.07) is -1.55. The van der Waals surface area contributed by atoms with Crippen LogP contribution in [-0.4, -0.2) is 72.1 Å². The quantitative estimate of drug-likeness (QED) is 0.0175. The van der Waals surface area contributed by atoms with Gasteiger partial charge in [-0.2, -0.15) is 0 Å². The van der Waals surface area contributed by atoms with Gasteiger partial charge in [-0.15, -0.1) is 0 Å². The average Bonchev–Trinajstić information content (AvgIpc) is 4.02. The molecule has 3 unspecified atom stereocenters. The number of nitrogens with two attached hydrogens (primary N) is 1. The normalized spacial score (nSPS) is 18.0. The first-order valence-corrected chi connectivity index (χ1v) is 24.2. The van der Waals surface area contributed by atoms with Crippen LogP contribution in [0.25, 0.3) is 0 Å². The lowest BCUT2D eigenvalue weighted by Gasteiger charge is -2.20. The summed E-state index contributed by atoms with van der Waals surface area (Å²) in [7, 11) is -4.77. The summed E-state index contributed by atoms with van der Waals surface area (Å²) in [5.41, 5.74) is 5.33. The third-order valence-electron chi connectivity index (χ3n) is 9.12. The summed E-state index contributed by atoms with van der Waals surface area (Å²) in [5.74, 6) is -2.62.